The Kier molecular flexibility index (Phi) is 8.14. The van der Waals surface area contributed by atoms with Crippen molar-refractivity contribution in [3.63, 3.8) is 0 Å². The number of hydrogen-bond acceptors (Lipinski definition) is 2. The fourth-order valence-electron chi connectivity index (χ4n) is 2.33. The summed E-state index contributed by atoms with van der Waals surface area (Å²) in [5.41, 5.74) is 0. The van der Waals surface area contributed by atoms with Crippen LogP contribution in [0.3, 0.4) is 0 Å². The van der Waals surface area contributed by atoms with Crippen LogP contribution in [-0.4, -0.2) is 34.1 Å². The van der Waals surface area contributed by atoms with Crippen LogP contribution >= 0.6 is 23.2 Å². The zero-order chi connectivity index (χ0) is 16.8. The second-order valence-corrected chi connectivity index (χ2v) is 7.97. The largest absolute Gasteiger partial charge is 0.335 e. The van der Waals surface area contributed by atoms with Crippen LogP contribution < -0.4 is 9.62 Å². The lowest BCUT2D eigenvalue weighted by molar-refractivity contribution is -0.896. The summed E-state index contributed by atoms with van der Waals surface area (Å²) in [4.78, 5) is 1.55. The monoisotopic (exact) mass is 367 g/mol. The van der Waals surface area contributed by atoms with Crippen molar-refractivity contribution in [1.29, 1.82) is 0 Å². The van der Waals surface area contributed by atoms with E-state index in [2.05, 4.69) is 18.6 Å². The van der Waals surface area contributed by atoms with Crippen LogP contribution in [0.1, 0.15) is 33.6 Å². The van der Waals surface area contributed by atoms with E-state index >= 15 is 0 Å². The molecule has 0 unspecified atom stereocenters. The zero-order valence-corrected chi connectivity index (χ0v) is 15.7. The number of sulfonamides is 1. The van der Waals surface area contributed by atoms with Gasteiger partial charge in [-0.1, -0.05) is 23.2 Å². The van der Waals surface area contributed by atoms with E-state index in [1.807, 2.05) is 6.92 Å². The summed E-state index contributed by atoms with van der Waals surface area (Å²) >= 11 is 11.8. The van der Waals surface area contributed by atoms with Crippen molar-refractivity contribution in [2.45, 2.75) is 44.6 Å². The molecule has 0 aliphatic carbocycles. The maximum Gasteiger partial charge on any atom is 0.242 e. The smallest absolute Gasteiger partial charge is 0.242 e. The Morgan fingerprint density at radius 3 is 2.45 bits per heavy atom. The molecule has 4 nitrogen and oxygen atoms in total. The van der Waals surface area contributed by atoms with Crippen molar-refractivity contribution in [3.05, 3.63) is 28.2 Å². The van der Waals surface area contributed by atoms with E-state index in [4.69, 9.17) is 23.2 Å². The first kappa shape index (κ1) is 19.7. The minimum atomic E-state index is -3.65. The number of benzene rings is 1. The molecule has 0 radical (unpaired) electrons. The molecular formula is C15H25Cl2N2O2S+. The predicted octanol–water partition coefficient (Wildman–Crippen LogP) is 2.37. The molecule has 0 fully saturated rings. The first-order valence-electron chi connectivity index (χ1n) is 7.61. The molecule has 1 aromatic carbocycles. The molecule has 7 heteroatoms. The summed E-state index contributed by atoms with van der Waals surface area (Å²) in [6.07, 6.45) is 1.77. The van der Waals surface area contributed by atoms with Crippen molar-refractivity contribution >= 4 is 33.2 Å². The first-order valence-corrected chi connectivity index (χ1v) is 9.85. The van der Waals surface area contributed by atoms with Crippen LogP contribution in [0.25, 0.3) is 0 Å². The average molecular weight is 368 g/mol. The first-order chi connectivity index (χ1) is 10.3. The van der Waals surface area contributed by atoms with Gasteiger partial charge in [-0.2, -0.15) is 0 Å². The quantitative estimate of drug-likeness (QED) is 0.703. The van der Waals surface area contributed by atoms with E-state index in [1.54, 1.807) is 6.07 Å². The fourth-order valence-corrected chi connectivity index (χ4v) is 4.37. The van der Waals surface area contributed by atoms with Gasteiger partial charge in [0.15, 0.2) is 0 Å². The Labute approximate surface area is 143 Å². The molecule has 0 saturated heterocycles. The number of quaternary nitrogens is 1. The number of hydrogen-bond donors (Lipinski definition) is 2. The molecule has 0 saturated carbocycles. The molecule has 2 N–H and O–H groups in total. The van der Waals surface area contributed by atoms with Crippen LogP contribution in [0.5, 0.6) is 0 Å². The van der Waals surface area contributed by atoms with E-state index in [0.717, 1.165) is 32.5 Å². The van der Waals surface area contributed by atoms with Crippen LogP contribution in [0.2, 0.25) is 10.0 Å². The van der Waals surface area contributed by atoms with Crippen molar-refractivity contribution in [1.82, 2.24) is 4.72 Å². The van der Waals surface area contributed by atoms with E-state index in [1.165, 1.54) is 17.0 Å². The summed E-state index contributed by atoms with van der Waals surface area (Å²) in [5.74, 6) is 0. The summed E-state index contributed by atoms with van der Waals surface area (Å²) < 4.78 is 27.4. The summed E-state index contributed by atoms with van der Waals surface area (Å²) in [7, 11) is -3.65. The standard InChI is InChI=1S/C15H24Cl2N2O2S/c1-4-19(5-2)10-6-7-12(3)18-22(20,21)15-11-13(16)8-9-14(15)17/h8-9,11-12,18H,4-7,10H2,1-3H3/p+1/t12-/m0/s1. The molecule has 126 valence electrons. The van der Waals surface area contributed by atoms with Gasteiger partial charge in [0, 0.05) is 11.1 Å². The van der Waals surface area contributed by atoms with Gasteiger partial charge in [-0.05, 0) is 51.8 Å². The lowest BCUT2D eigenvalue weighted by Gasteiger charge is -2.18. The van der Waals surface area contributed by atoms with Crippen LogP contribution in [0.4, 0.5) is 0 Å². The Bertz CT molecular complexity index is 575. The highest BCUT2D eigenvalue weighted by molar-refractivity contribution is 7.89. The molecule has 0 aromatic heterocycles. The zero-order valence-electron chi connectivity index (χ0n) is 13.3. The third-order valence-corrected chi connectivity index (χ3v) is 6.01. The molecule has 1 aromatic rings. The third kappa shape index (κ3) is 6.05. The van der Waals surface area contributed by atoms with Gasteiger partial charge in [-0.3, -0.25) is 0 Å². The van der Waals surface area contributed by atoms with E-state index < -0.39 is 10.0 Å². The van der Waals surface area contributed by atoms with Gasteiger partial charge in [-0.25, -0.2) is 13.1 Å². The van der Waals surface area contributed by atoms with Crippen molar-refractivity contribution in [2.75, 3.05) is 19.6 Å². The SMILES string of the molecule is CC[NH+](CC)CCC[C@H](C)NS(=O)(=O)c1cc(Cl)ccc1Cl. The minimum Gasteiger partial charge on any atom is -0.335 e. The van der Waals surface area contributed by atoms with Gasteiger partial charge in [0.1, 0.15) is 4.90 Å². The van der Waals surface area contributed by atoms with Crippen molar-refractivity contribution < 1.29 is 13.3 Å². The molecule has 0 aliphatic rings. The third-order valence-electron chi connectivity index (χ3n) is 3.71. The molecule has 0 spiro atoms. The molecule has 0 bridgehead atoms. The molecule has 1 rings (SSSR count). The highest BCUT2D eigenvalue weighted by Gasteiger charge is 2.21. The van der Waals surface area contributed by atoms with Gasteiger partial charge in [0.05, 0.1) is 24.7 Å². The predicted molar refractivity (Wildman–Crippen MR) is 92.4 cm³/mol. The van der Waals surface area contributed by atoms with Crippen LogP contribution in [-0.2, 0) is 10.0 Å². The van der Waals surface area contributed by atoms with E-state index in [0.29, 0.717) is 5.02 Å². The average Bonchev–Trinajstić information content (AvgIpc) is 2.45. The maximum atomic E-state index is 12.4. The molecule has 0 aliphatic heterocycles. The second kappa shape index (κ2) is 9.08. The van der Waals surface area contributed by atoms with Gasteiger partial charge in [-0.15, -0.1) is 0 Å². The van der Waals surface area contributed by atoms with Crippen molar-refractivity contribution in [3.8, 4) is 0 Å². The van der Waals surface area contributed by atoms with E-state index in [9.17, 15) is 8.42 Å². The minimum absolute atomic E-state index is 0.0304. The highest BCUT2D eigenvalue weighted by atomic mass is 35.5. The second-order valence-electron chi connectivity index (χ2n) is 5.45. The Morgan fingerprint density at radius 1 is 1.23 bits per heavy atom. The number of halogens is 2. The number of nitrogens with one attached hydrogen (secondary N) is 2. The highest BCUT2D eigenvalue weighted by Crippen LogP contribution is 2.25. The summed E-state index contributed by atoms with van der Waals surface area (Å²) in [5, 5.41) is 0.527. The van der Waals surface area contributed by atoms with Gasteiger partial charge in [0.2, 0.25) is 10.0 Å². The molecule has 0 amide bonds. The number of rotatable bonds is 9. The van der Waals surface area contributed by atoms with E-state index in [-0.39, 0.29) is 16.0 Å². The lowest BCUT2D eigenvalue weighted by Crippen LogP contribution is -3.11. The Hall–Kier alpha value is -0.330. The summed E-state index contributed by atoms with van der Waals surface area (Å²) in [6, 6.07) is 4.29. The molecule has 1 atom stereocenters. The Balaban J connectivity index is 2.62. The normalized spacial score (nSPS) is 13.5. The maximum absolute atomic E-state index is 12.4. The molecule has 22 heavy (non-hydrogen) atoms. The summed E-state index contributed by atoms with van der Waals surface area (Å²) in [6.45, 7) is 9.42. The van der Waals surface area contributed by atoms with Gasteiger partial charge < -0.3 is 4.90 Å². The fraction of sp³-hybridized carbons (Fsp3) is 0.600. The van der Waals surface area contributed by atoms with Crippen LogP contribution in [0.15, 0.2) is 23.1 Å². The van der Waals surface area contributed by atoms with Crippen LogP contribution in [0, 0.1) is 0 Å². The molecule has 0 heterocycles. The Morgan fingerprint density at radius 2 is 1.86 bits per heavy atom. The van der Waals surface area contributed by atoms with Gasteiger partial charge >= 0.3 is 0 Å². The topological polar surface area (TPSA) is 50.6 Å². The van der Waals surface area contributed by atoms with Crippen molar-refractivity contribution in [2.24, 2.45) is 0 Å². The van der Waals surface area contributed by atoms with Gasteiger partial charge in [0.25, 0.3) is 0 Å². The lowest BCUT2D eigenvalue weighted by atomic mass is 10.2. The molecular weight excluding hydrogens is 343 g/mol.